The molecule has 0 saturated carbocycles. The smallest absolute Gasteiger partial charge is 0.214 e. The summed E-state index contributed by atoms with van der Waals surface area (Å²) in [7, 11) is -6.48. The molecular weight excluding hydrogens is 424 g/mol. The van der Waals surface area contributed by atoms with Crippen molar-refractivity contribution in [2.75, 3.05) is 19.3 Å². The molecule has 0 amide bonds. The summed E-state index contributed by atoms with van der Waals surface area (Å²) in [5.41, 5.74) is 3.11. The summed E-state index contributed by atoms with van der Waals surface area (Å²) in [6.07, 6.45) is 1.47. The number of nitrogens with one attached hydrogen (secondary N) is 2. The van der Waals surface area contributed by atoms with Gasteiger partial charge < -0.3 is 4.74 Å². The van der Waals surface area contributed by atoms with Gasteiger partial charge in [0.1, 0.15) is 11.9 Å². The van der Waals surface area contributed by atoms with E-state index in [4.69, 9.17) is 4.74 Å². The molecule has 1 unspecified atom stereocenters. The lowest BCUT2D eigenvalue weighted by atomic mass is 10.0. The molecule has 0 saturated heterocycles. The Morgan fingerprint density at radius 1 is 0.833 bits per heavy atom. The van der Waals surface area contributed by atoms with Crippen molar-refractivity contribution in [3.05, 3.63) is 54.1 Å². The zero-order valence-corrected chi connectivity index (χ0v) is 19.4. The van der Waals surface area contributed by atoms with Crippen molar-refractivity contribution in [2.45, 2.75) is 38.5 Å². The van der Waals surface area contributed by atoms with Crippen LogP contribution in [0, 0.1) is 0 Å². The standard InChI is InChI=1S/C21H30N2O5S2/c1-16(2)30(26,27)23-15-17(3)28-21-11-9-20(10-12-21)19-7-5-18(6-8-19)13-14-22-29(4,24)25/h5-12,16-17,22-23H,13-15H2,1-4H3. The van der Waals surface area contributed by atoms with E-state index in [0.29, 0.717) is 18.7 Å². The number of hydrogen-bond acceptors (Lipinski definition) is 5. The van der Waals surface area contributed by atoms with Crippen LogP contribution in [-0.4, -0.2) is 47.5 Å². The highest BCUT2D eigenvalue weighted by atomic mass is 32.2. The second-order valence-corrected chi connectivity index (χ2v) is 11.7. The minimum atomic E-state index is -3.31. The fourth-order valence-electron chi connectivity index (χ4n) is 2.64. The lowest BCUT2D eigenvalue weighted by Crippen LogP contribution is -2.37. The van der Waals surface area contributed by atoms with Crippen molar-refractivity contribution in [3.8, 4) is 16.9 Å². The molecule has 30 heavy (non-hydrogen) atoms. The van der Waals surface area contributed by atoms with Crippen molar-refractivity contribution in [2.24, 2.45) is 0 Å². The minimum absolute atomic E-state index is 0.206. The van der Waals surface area contributed by atoms with Gasteiger partial charge in [0.15, 0.2) is 0 Å². The molecule has 166 valence electrons. The predicted octanol–water partition coefficient (Wildman–Crippen LogP) is 2.54. The molecule has 0 aliphatic carbocycles. The lowest BCUT2D eigenvalue weighted by molar-refractivity contribution is 0.225. The van der Waals surface area contributed by atoms with Crippen molar-refractivity contribution in [1.29, 1.82) is 0 Å². The fourth-order valence-corrected chi connectivity index (χ4v) is 3.92. The molecule has 1 atom stereocenters. The molecule has 9 heteroatoms. The van der Waals surface area contributed by atoms with E-state index in [1.165, 1.54) is 0 Å². The summed E-state index contributed by atoms with van der Waals surface area (Å²) in [4.78, 5) is 0. The summed E-state index contributed by atoms with van der Waals surface area (Å²) in [6.45, 7) is 5.65. The van der Waals surface area contributed by atoms with E-state index < -0.39 is 25.3 Å². The van der Waals surface area contributed by atoms with Gasteiger partial charge in [0.2, 0.25) is 20.0 Å². The average Bonchev–Trinajstić information content (AvgIpc) is 2.67. The van der Waals surface area contributed by atoms with Crippen molar-refractivity contribution in [3.63, 3.8) is 0 Å². The van der Waals surface area contributed by atoms with Crippen molar-refractivity contribution >= 4 is 20.0 Å². The molecule has 2 aromatic rings. The third-order valence-corrected chi connectivity index (χ3v) is 6.99. The van der Waals surface area contributed by atoms with Crippen LogP contribution in [0.15, 0.2) is 48.5 Å². The lowest BCUT2D eigenvalue weighted by Gasteiger charge is -2.17. The largest absolute Gasteiger partial charge is 0.489 e. The van der Waals surface area contributed by atoms with Gasteiger partial charge in [-0.25, -0.2) is 26.3 Å². The minimum Gasteiger partial charge on any atom is -0.489 e. The number of sulfonamides is 2. The van der Waals surface area contributed by atoms with Crippen LogP contribution in [0.25, 0.3) is 11.1 Å². The first-order chi connectivity index (χ1) is 14.0. The van der Waals surface area contributed by atoms with E-state index >= 15 is 0 Å². The van der Waals surface area contributed by atoms with Gasteiger partial charge in [-0.05, 0) is 56.0 Å². The van der Waals surface area contributed by atoms with Gasteiger partial charge in [0.25, 0.3) is 0 Å². The quantitative estimate of drug-likeness (QED) is 0.543. The first kappa shape index (κ1) is 24.3. The fraction of sp³-hybridized carbons (Fsp3) is 0.429. The Labute approximate surface area is 180 Å². The van der Waals surface area contributed by atoms with Crippen LogP contribution < -0.4 is 14.2 Å². The van der Waals surface area contributed by atoms with Gasteiger partial charge in [-0.1, -0.05) is 36.4 Å². The molecule has 7 nitrogen and oxygen atoms in total. The van der Waals surface area contributed by atoms with Crippen LogP contribution in [0.5, 0.6) is 5.75 Å². The van der Waals surface area contributed by atoms with Gasteiger partial charge in [-0.3, -0.25) is 0 Å². The Morgan fingerprint density at radius 3 is 1.87 bits per heavy atom. The molecule has 0 aliphatic heterocycles. The van der Waals surface area contributed by atoms with Gasteiger partial charge in [0.05, 0.1) is 11.5 Å². The summed E-state index contributed by atoms with van der Waals surface area (Å²) in [6, 6.07) is 15.5. The Kier molecular flexibility index (Phi) is 8.42. The Morgan fingerprint density at radius 2 is 1.37 bits per heavy atom. The normalized spacial score (nSPS) is 13.4. The van der Waals surface area contributed by atoms with Crippen LogP contribution in [0.2, 0.25) is 0 Å². The molecule has 0 fully saturated rings. The monoisotopic (exact) mass is 454 g/mol. The zero-order chi connectivity index (χ0) is 22.4. The number of ether oxygens (including phenoxy) is 1. The Balaban J connectivity index is 1.90. The molecule has 0 aliphatic rings. The van der Waals surface area contributed by atoms with Gasteiger partial charge >= 0.3 is 0 Å². The van der Waals surface area contributed by atoms with Gasteiger partial charge in [0, 0.05) is 13.1 Å². The van der Waals surface area contributed by atoms with Crippen LogP contribution in [0.3, 0.4) is 0 Å². The van der Waals surface area contributed by atoms with Crippen LogP contribution >= 0.6 is 0 Å². The predicted molar refractivity (Wildman–Crippen MR) is 121 cm³/mol. The van der Waals surface area contributed by atoms with Crippen molar-refractivity contribution in [1.82, 2.24) is 9.44 Å². The molecule has 0 heterocycles. The van der Waals surface area contributed by atoms with E-state index in [1.807, 2.05) is 55.5 Å². The Hall–Kier alpha value is -1.94. The molecule has 0 radical (unpaired) electrons. The third-order valence-electron chi connectivity index (χ3n) is 4.45. The number of hydrogen-bond donors (Lipinski definition) is 2. The number of benzene rings is 2. The molecule has 2 N–H and O–H groups in total. The van der Waals surface area contributed by atoms with E-state index in [-0.39, 0.29) is 12.6 Å². The van der Waals surface area contributed by atoms with Crippen LogP contribution in [0.1, 0.15) is 26.3 Å². The highest BCUT2D eigenvalue weighted by molar-refractivity contribution is 7.90. The van der Waals surface area contributed by atoms with E-state index in [1.54, 1.807) is 13.8 Å². The molecule has 0 spiro atoms. The Bertz CT molecular complexity index is 1020. The molecule has 2 aromatic carbocycles. The highest BCUT2D eigenvalue weighted by Crippen LogP contribution is 2.23. The summed E-state index contributed by atoms with van der Waals surface area (Å²) in [5, 5.41) is -0.480. The zero-order valence-electron chi connectivity index (χ0n) is 17.8. The summed E-state index contributed by atoms with van der Waals surface area (Å²) < 4.78 is 56.7. The number of rotatable bonds is 11. The third kappa shape index (κ3) is 8.06. The van der Waals surface area contributed by atoms with Crippen LogP contribution in [0.4, 0.5) is 0 Å². The second kappa shape index (κ2) is 10.4. The SMILES string of the molecule is CC(CNS(=O)(=O)C(C)C)Oc1ccc(-c2ccc(CCNS(C)(=O)=O)cc2)cc1. The first-order valence-electron chi connectivity index (χ1n) is 9.75. The summed E-state index contributed by atoms with van der Waals surface area (Å²) in [5.74, 6) is 0.665. The highest BCUT2D eigenvalue weighted by Gasteiger charge is 2.16. The van der Waals surface area contributed by atoms with E-state index in [9.17, 15) is 16.8 Å². The average molecular weight is 455 g/mol. The first-order valence-corrected chi connectivity index (χ1v) is 13.2. The molecule has 0 bridgehead atoms. The summed E-state index contributed by atoms with van der Waals surface area (Å²) >= 11 is 0. The topological polar surface area (TPSA) is 102 Å². The van der Waals surface area contributed by atoms with E-state index in [0.717, 1.165) is 22.9 Å². The molecular formula is C21H30N2O5S2. The van der Waals surface area contributed by atoms with Crippen molar-refractivity contribution < 1.29 is 21.6 Å². The van der Waals surface area contributed by atoms with Gasteiger partial charge in [-0.15, -0.1) is 0 Å². The molecule has 0 aromatic heterocycles. The van der Waals surface area contributed by atoms with E-state index in [2.05, 4.69) is 9.44 Å². The maximum absolute atomic E-state index is 11.8. The second-order valence-electron chi connectivity index (χ2n) is 7.51. The molecule has 2 rings (SSSR count). The maximum Gasteiger partial charge on any atom is 0.214 e. The van der Waals surface area contributed by atoms with Crippen LogP contribution in [-0.2, 0) is 26.5 Å². The maximum atomic E-state index is 11.8. The van der Waals surface area contributed by atoms with Gasteiger partial charge in [-0.2, -0.15) is 0 Å².